The molecule has 3 aromatic rings. The Kier molecular flexibility index (Phi) is 3.68. The number of carbonyl (C=O) groups is 1. The van der Waals surface area contributed by atoms with E-state index in [9.17, 15) is 4.79 Å². The Bertz CT molecular complexity index is 875. The van der Waals surface area contributed by atoms with Crippen molar-refractivity contribution < 1.29 is 4.79 Å². The molecule has 0 spiro atoms. The van der Waals surface area contributed by atoms with Crippen molar-refractivity contribution in [3.63, 3.8) is 0 Å². The zero-order valence-corrected chi connectivity index (χ0v) is 13.5. The Morgan fingerprint density at radius 3 is 2.96 bits per heavy atom. The Morgan fingerprint density at radius 1 is 1.25 bits per heavy atom. The summed E-state index contributed by atoms with van der Waals surface area (Å²) in [5, 5.41) is 4.62. The predicted octanol–water partition coefficient (Wildman–Crippen LogP) is 1.78. The Balaban J connectivity index is 1.62. The molecule has 0 bridgehead atoms. The highest BCUT2D eigenvalue weighted by molar-refractivity contribution is 5.94. The first-order chi connectivity index (χ1) is 11.7. The van der Waals surface area contributed by atoms with Gasteiger partial charge in [0.15, 0.2) is 5.65 Å². The van der Waals surface area contributed by atoms with Gasteiger partial charge in [-0.3, -0.25) is 9.78 Å². The van der Waals surface area contributed by atoms with Crippen molar-refractivity contribution in [2.24, 2.45) is 7.05 Å². The van der Waals surface area contributed by atoms with Gasteiger partial charge >= 0.3 is 0 Å². The molecular formula is C17H18N6O. The molecule has 4 heterocycles. The van der Waals surface area contributed by atoms with Crippen LogP contribution in [0.15, 0.2) is 36.9 Å². The molecule has 24 heavy (non-hydrogen) atoms. The van der Waals surface area contributed by atoms with E-state index in [4.69, 9.17) is 0 Å². The molecule has 1 saturated heterocycles. The number of pyridine rings is 1. The molecule has 0 N–H and O–H groups in total. The monoisotopic (exact) mass is 322 g/mol. The van der Waals surface area contributed by atoms with Crippen LogP contribution >= 0.6 is 0 Å². The van der Waals surface area contributed by atoms with Crippen LogP contribution < -0.4 is 0 Å². The van der Waals surface area contributed by atoms with Crippen molar-refractivity contribution in [3.8, 4) is 0 Å². The number of hydrogen-bond acceptors (Lipinski definition) is 5. The van der Waals surface area contributed by atoms with Gasteiger partial charge in [0, 0.05) is 50.8 Å². The first-order valence-corrected chi connectivity index (χ1v) is 8.07. The van der Waals surface area contributed by atoms with Crippen LogP contribution in [0.1, 0.15) is 34.8 Å². The maximum Gasteiger partial charge on any atom is 0.255 e. The van der Waals surface area contributed by atoms with Crippen molar-refractivity contribution in [3.05, 3.63) is 48.2 Å². The molecule has 1 aliphatic rings. The lowest BCUT2D eigenvalue weighted by molar-refractivity contribution is 0.0705. The van der Waals surface area contributed by atoms with Crippen molar-refractivity contribution in [2.75, 3.05) is 13.1 Å². The number of hydrogen-bond donors (Lipinski definition) is 0. The highest BCUT2D eigenvalue weighted by Crippen LogP contribution is 2.30. The van der Waals surface area contributed by atoms with Gasteiger partial charge in [0.05, 0.1) is 11.3 Å². The first kappa shape index (κ1) is 14.7. The Labute approximate surface area is 139 Å². The van der Waals surface area contributed by atoms with Gasteiger partial charge < -0.3 is 4.90 Å². The standard InChI is InChI=1S/C17H18N6O/c1-22-16-15(19-7-8-20-16)14(21-22)13-5-3-9-23(11-13)17(24)12-4-2-6-18-10-12/h2,4,6-8,10,13H,3,5,9,11H2,1H3. The molecule has 1 unspecified atom stereocenters. The largest absolute Gasteiger partial charge is 0.338 e. The molecule has 0 aliphatic carbocycles. The maximum absolute atomic E-state index is 12.7. The molecule has 122 valence electrons. The lowest BCUT2D eigenvalue weighted by Crippen LogP contribution is -2.39. The van der Waals surface area contributed by atoms with Crippen molar-refractivity contribution >= 4 is 17.1 Å². The number of aryl methyl sites for hydroxylation is 1. The summed E-state index contributed by atoms with van der Waals surface area (Å²) in [7, 11) is 1.88. The van der Waals surface area contributed by atoms with Gasteiger partial charge in [-0.15, -0.1) is 0 Å². The topological polar surface area (TPSA) is 76.8 Å². The summed E-state index contributed by atoms with van der Waals surface area (Å²) in [4.78, 5) is 27.4. The number of nitrogens with zero attached hydrogens (tertiary/aromatic N) is 6. The quantitative estimate of drug-likeness (QED) is 0.719. The van der Waals surface area contributed by atoms with Gasteiger partial charge in [-0.05, 0) is 25.0 Å². The number of piperidine rings is 1. The number of rotatable bonds is 2. The predicted molar refractivity (Wildman–Crippen MR) is 88.4 cm³/mol. The lowest BCUT2D eigenvalue weighted by atomic mass is 9.94. The Morgan fingerprint density at radius 2 is 2.12 bits per heavy atom. The van der Waals surface area contributed by atoms with Crippen LogP contribution in [-0.2, 0) is 7.05 Å². The van der Waals surface area contributed by atoms with Crippen molar-refractivity contribution in [1.82, 2.24) is 29.6 Å². The molecule has 0 radical (unpaired) electrons. The molecule has 7 heteroatoms. The van der Waals surface area contributed by atoms with E-state index in [1.165, 1.54) is 0 Å². The van der Waals surface area contributed by atoms with E-state index in [0.717, 1.165) is 36.2 Å². The molecule has 3 aromatic heterocycles. The van der Waals surface area contributed by atoms with Gasteiger partial charge in [0.2, 0.25) is 0 Å². The molecule has 1 fully saturated rings. The van der Waals surface area contributed by atoms with Gasteiger partial charge in [0.25, 0.3) is 5.91 Å². The van der Waals surface area contributed by atoms with Gasteiger partial charge in [-0.1, -0.05) is 0 Å². The van der Waals surface area contributed by atoms with Crippen LogP contribution in [0.2, 0.25) is 0 Å². The van der Waals surface area contributed by atoms with Crippen LogP contribution in [0.3, 0.4) is 0 Å². The van der Waals surface area contributed by atoms with Crippen LogP contribution in [0.4, 0.5) is 0 Å². The number of likely N-dealkylation sites (tertiary alicyclic amines) is 1. The van der Waals surface area contributed by atoms with Gasteiger partial charge in [0.1, 0.15) is 5.52 Å². The molecule has 1 amide bonds. The molecule has 0 saturated carbocycles. The number of fused-ring (bicyclic) bond motifs is 1. The zero-order valence-electron chi connectivity index (χ0n) is 13.5. The van der Waals surface area contributed by atoms with Crippen molar-refractivity contribution in [1.29, 1.82) is 0 Å². The summed E-state index contributed by atoms with van der Waals surface area (Å²) in [5.74, 6) is 0.207. The van der Waals surface area contributed by atoms with E-state index in [2.05, 4.69) is 20.1 Å². The fourth-order valence-corrected chi connectivity index (χ4v) is 3.34. The lowest BCUT2D eigenvalue weighted by Gasteiger charge is -2.32. The average Bonchev–Trinajstić information content (AvgIpc) is 2.99. The number of amides is 1. The minimum absolute atomic E-state index is 0.0270. The fraction of sp³-hybridized carbons (Fsp3) is 0.353. The normalized spacial score (nSPS) is 18.0. The zero-order chi connectivity index (χ0) is 16.5. The SMILES string of the molecule is Cn1nc(C2CCCN(C(=O)c3cccnc3)C2)c2nccnc21. The second kappa shape index (κ2) is 5.99. The van der Waals surface area contributed by atoms with Crippen LogP contribution in [0.25, 0.3) is 11.2 Å². The number of aromatic nitrogens is 5. The van der Waals surface area contributed by atoms with E-state index in [1.54, 1.807) is 41.6 Å². The third-order valence-corrected chi connectivity index (χ3v) is 4.49. The third kappa shape index (κ3) is 2.51. The molecule has 4 rings (SSSR count). The number of carbonyl (C=O) groups excluding carboxylic acids is 1. The summed E-state index contributed by atoms with van der Waals surface area (Å²) >= 11 is 0. The molecule has 7 nitrogen and oxygen atoms in total. The first-order valence-electron chi connectivity index (χ1n) is 8.07. The molecular weight excluding hydrogens is 304 g/mol. The van der Waals surface area contributed by atoms with Gasteiger partial charge in [-0.25, -0.2) is 14.6 Å². The Hall–Kier alpha value is -2.83. The van der Waals surface area contributed by atoms with Crippen LogP contribution in [0.5, 0.6) is 0 Å². The van der Waals surface area contributed by atoms with Crippen LogP contribution in [0, 0.1) is 0 Å². The van der Waals surface area contributed by atoms with Crippen molar-refractivity contribution in [2.45, 2.75) is 18.8 Å². The highest BCUT2D eigenvalue weighted by atomic mass is 16.2. The van der Waals surface area contributed by atoms with Crippen LogP contribution in [-0.4, -0.2) is 48.6 Å². The minimum Gasteiger partial charge on any atom is -0.338 e. The second-order valence-corrected chi connectivity index (χ2v) is 6.07. The third-order valence-electron chi connectivity index (χ3n) is 4.49. The van der Waals surface area contributed by atoms with E-state index in [1.807, 2.05) is 11.9 Å². The summed E-state index contributed by atoms with van der Waals surface area (Å²) < 4.78 is 1.76. The average molecular weight is 322 g/mol. The van der Waals surface area contributed by atoms with E-state index < -0.39 is 0 Å². The fourth-order valence-electron chi connectivity index (χ4n) is 3.34. The maximum atomic E-state index is 12.7. The van der Waals surface area contributed by atoms with E-state index >= 15 is 0 Å². The summed E-state index contributed by atoms with van der Waals surface area (Å²) in [6, 6.07) is 3.59. The molecule has 1 aliphatic heterocycles. The van der Waals surface area contributed by atoms with E-state index in [0.29, 0.717) is 12.1 Å². The molecule has 0 aromatic carbocycles. The van der Waals surface area contributed by atoms with Gasteiger partial charge in [-0.2, -0.15) is 5.10 Å². The minimum atomic E-state index is 0.0270. The van der Waals surface area contributed by atoms with E-state index in [-0.39, 0.29) is 11.8 Å². The highest BCUT2D eigenvalue weighted by Gasteiger charge is 2.29. The summed E-state index contributed by atoms with van der Waals surface area (Å²) in [6.45, 7) is 1.41. The second-order valence-electron chi connectivity index (χ2n) is 6.07. The summed E-state index contributed by atoms with van der Waals surface area (Å²) in [6.07, 6.45) is 8.61. The molecule has 1 atom stereocenters. The summed E-state index contributed by atoms with van der Waals surface area (Å²) in [5.41, 5.74) is 3.18. The smallest absolute Gasteiger partial charge is 0.255 e.